The van der Waals surface area contributed by atoms with Crippen LogP contribution in [0.5, 0.6) is 0 Å². The lowest BCUT2D eigenvalue weighted by molar-refractivity contribution is 0.0793. The molecule has 1 N–H and O–H groups in total. The summed E-state index contributed by atoms with van der Waals surface area (Å²) < 4.78 is 0. The largest absolute Gasteiger partial charge is 0.311 e. The first-order valence-corrected chi connectivity index (χ1v) is 7.84. The average molecular weight is 280 g/mol. The highest BCUT2D eigenvalue weighted by Crippen LogP contribution is 2.20. The second kappa shape index (κ2) is 7.13. The van der Waals surface area contributed by atoms with Crippen molar-refractivity contribution in [2.75, 3.05) is 13.1 Å². The van der Waals surface area contributed by atoms with Crippen LogP contribution in [0.25, 0.3) is 0 Å². The molecule has 0 amide bonds. The van der Waals surface area contributed by atoms with Gasteiger partial charge in [-0.25, -0.2) is 0 Å². The van der Waals surface area contributed by atoms with Crippen LogP contribution in [0.15, 0.2) is 0 Å². The van der Waals surface area contributed by atoms with Gasteiger partial charge < -0.3 is 5.32 Å². The van der Waals surface area contributed by atoms with Gasteiger partial charge in [-0.15, -0.1) is 10.2 Å². The molecule has 0 aliphatic carbocycles. The summed E-state index contributed by atoms with van der Waals surface area (Å²) in [6.07, 6.45) is 3.66. The summed E-state index contributed by atoms with van der Waals surface area (Å²) >= 11 is 0. The molecule has 0 radical (unpaired) electrons. The minimum atomic E-state index is 0.567. The van der Waals surface area contributed by atoms with Crippen molar-refractivity contribution < 1.29 is 0 Å². The molecular formula is C14H28N6. The second-order valence-electron chi connectivity index (χ2n) is 5.97. The van der Waals surface area contributed by atoms with E-state index in [0.29, 0.717) is 18.0 Å². The third-order valence-electron chi connectivity index (χ3n) is 4.37. The molecule has 3 unspecified atom stereocenters. The van der Waals surface area contributed by atoms with Crippen LogP contribution in [-0.4, -0.2) is 50.3 Å². The molecule has 6 nitrogen and oxygen atoms in total. The van der Waals surface area contributed by atoms with Crippen LogP contribution in [0.1, 0.15) is 45.9 Å². The third kappa shape index (κ3) is 3.76. The molecule has 20 heavy (non-hydrogen) atoms. The lowest BCUT2D eigenvalue weighted by atomic mass is 9.93. The Morgan fingerprint density at radius 3 is 2.80 bits per heavy atom. The first-order valence-electron chi connectivity index (χ1n) is 7.84. The minimum absolute atomic E-state index is 0.567. The van der Waals surface area contributed by atoms with Gasteiger partial charge in [0.1, 0.15) is 0 Å². The van der Waals surface area contributed by atoms with E-state index in [1.165, 1.54) is 19.3 Å². The van der Waals surface area contributed by atoms with E-state index in [0.717, 1.165) is 25.5 Å². The van der Waals surface area contributed by atoms with Gasteiger partial charge in [-0.3, -0.25) is 4.90 Å². The van der Waals surface area contributed by atoms with E-state index < -0.39 is 0 Å². The van der Waals surface area contributed by atoms with Crippen molar-refractivity contribution in [2.24, 2.45) is 13.0 Å². The Morgan fingerprint density at radius 1 is 1.40 bits per heavy atom. The predicted molar refractivity (Wildman–Crippen MR) is 79.1 cm³/mol. The molecule has 114 valence electrons. The van der Waals surface area contributed by atoms with Gasteiger partial charge in [-0.1, -0.05) is 33.6 Å². The van der Waals surface area contributed by atoms with Gasteiger partial charge in [0.25, 0.3) is 0 Å². The molecule has 1 fully saturated rings. The van der Waals surface area contributed by atoms with Gasteiger partial charge in [0.05, 0.1) is 13.6 Å². The second-order valence-corrected chi connectivity index (χ2v) is 5.97. The summed E-state index contributed by atoms with van der Waals surface area (Å²) in [7, 11) is 1.82. The molecule has 1 aliphatic rings. The van der Waals surface area contributed by atoms with Gasteiger partial charge in [-0.2, -0.15) is 4.80 Å². The van der Waals surface area contributed by atoms with Gasteiger partial charge in [-0.05, 0) is 17.6 Å². The lowest BCUT2D eigenvalue weighted by Crippen LogP contribution is -2.58. The Morgan fingerprint density at radius 2 is 2.20 bits per heavy atom. The summed E-state index contributed by atoms with van der Waals surface area (Å²) in [6.45, 7) is 9.81. The van der Waals surface area contributed by atoms with E-state index in [4.69, 9.17) is 0 Å². The van der Waals surface area contributed by atoms with E-state index in [-0.39, 0.29) is 0 Å². The smallest absolute Gasteiger partial charge is 0.188 e. The topological polar surface area (TPSA) is 58.9 Å². The van der Waals surface area contributed by atoms with Crippen LogP contribution in [0, 0.1) is 5.92 Å². The maximum Gasteiger partial charge on any atom is 0.188 e. The monoisotopic (exact) mass is 280 g/mol. The Labute approximate surface area is 121 Å². The fourth-order valence-electron chi connectivity index (χ4n) is 3.02. The zero-order valence-corrected chi connectivity index (χ0v) is 13.2. The summed E-state index contributed by atoms with van der Waals surface area (Å²) in [5.41, 5.74) is 0. The van der Waals surface area contributed by atoms with Crippen LogP contribution in [0.4, 0.5) is 0 Å². The van der Waals surface area contributed by atoms with E-state index in [2.05, 4.69) is 46.4 Å². The van der Waals surface area contributed by atoms with Crippen molar-refractivity contribution in [3.63, 3.8) is 0 Å². The number of tetrazole rings is 1. The SMILES string of the molecule is CCCC1CN(Cc2nnn(C)n2)C(C(C)CC)CN1. The first kappa shape index (κ1) is 15.4. The highest BCUT2D eigenvalue weighted by molar-refractivity contribution is 4.91. The fourth-order valence-corrected chi connectivity index (χ4v) is 3.02. The molecule has 1 aromatic heterocycles. The lowest BCUT2D eigenvalue weighted by Gasteiger charge is -2.42. The highest BCUT2D eigenvalue weighted by atomic mass is 15.6. The van der Waals surface area contributed by atoms with Crippen LogP contribution >= 0.6 is 0 Å². The fraction of sp³-hybridized carbons (Fsp3) is 0.929. The van der Waals surface area contributed by atoms with Crippen LogP contribution < -0.4 is 5.32 Å². The molecule has 2 heterocycles. The summed E-state index contributed by atoms with van der Waals surface area (Å²) in [5, 5.41) is 16.1. The molecule has 0 spiro atoms. The third-order valence-corrected chi connectivity index (χ3v) is 4.37. The quantitative estimate of drug-likeness (QED) is 0.848. The number of nitrogens with one attached hydrogen (secondary N) is 1. The van der Waals surface area contributed by atoms with E-state index in [1.807, 2.05) is 7.05 Å². The standard InChI is InChI=1S/C14H28N6/c1-5-7-12-9-20(10-14-16-18-19(4)17-14)13(8-15-12)11(3)6-2/h11-13,15H,5-10H2,1-4H3. The number of piperazine rings is 1. The van der Waals surface area contributed by atoms with Crippen LogP contribution in [-0.2, 0) is 13.6 Å². The van der Waals surface area contributed by atoms with Gasteiger partial charge in [0, 0.05) is 25.2 Å². The average Bonchev–Trinajstić information content (AvgIpc) is 2.84. The van der Waals surface area contributed by atoms with Gasteiger partial charge >= 0.3 is 0 Å². The number of hydrogen-bond acceptors (Lipinski definition) is 5. The molecule has 6 heteroatoms. The molecule has 2 rings (SSSR count). The molecule has 1 saturated heterocycles. The van der Waals surface area contributed by atoms with E-state index >= 15 is 0 Å². The maximum absolute atomic E-state index is 4.33. The van der Waals surface area contributed by atoms with Crippen molar-refractivity contribution in [2.45, 2.75) is 58.7 Å². The number of hydrogen-bond donors (Lipinski definition) is 1. The van der Waals surface area contributed by atoms with Crippen LogP contribution in [0.3, 0.4) is 0 Å². The number of rotatable bonds is 6. The molecule has 1 aliphatic heterocycles. The van der Waals surface area contributed by atoms with E-state index in [1.54, 1.807) is 4.80 Å². The molecule has 1 aromatic rings. The van der Waals surface area contributed by atoms with Crippen molar-refractivity contribution in [1.82, 2.24) is 30.4 Å². The minimum Gasteiger partial charge on any atom is -0.311 e. The zero-order valence-electron chi connectivity index (χ0n) is 13.2. The normalized spacial score (nSPS) is 25.8. The van der Waals surface area contributed by atoms with Crippen molar-refractivity contribution in [3.8, 4) is 0 Å². The summed E-state index contributed by atoms with van der Waals surface area (Å²) in [4.78, 5) is 4.08. The predicted octanol–water partition coefficient (Wildman–Crippen LogP) is 1.20. The molecule has 0 bridgehead atoms. The zero-order chi connectivity index (χ0) is 14.5. The van der Waals surface area contributed by atoms with Crippen molar-refractivity contribution >= 4 is 0 Å². The van der Waals surface area contributed by atoms with Crippen LogP contribution in [0.2, 0.25) is 0 Å². The number of nitrogens with zero attached hydrogens (tertiary/aromatic N) is 5. The molecule has 3 atom stereocenters. The Kier molecular flexibility index (Phi) is 5.48. The first-order chi connectivity index (χ1) is 9.63. The maximum atomic E-state index is 4.33. The van der Waals surface area contributed by atoms with Crippen molar-refractivity contribution in [1.29, 1.82) is 0 Å². The Bertz CT molecular complexity index is 404. The summed E-state index contributed by atoms with van der Waals surface area (Å²) in [5.74, 6) is 1.51. The molecule has 0 saturated carbocycles. The van der Waals surface area contributed by atoms with Gasteiger partial charge in [0.2, 0.25) is 0 Å². The summed E-state index contributed by atoms with van der Waals surface area (Å²) in [6, 6.07) is 1.16. The van der Waals surface area contributed by atoms with Crippen molar-refractivity contribution in [3.05, 3.63) is 5.82 Å². The van der Waals surface area contributed by atoms with Gasteiger partial charge in [0.15, 0.2) is 5.82 Å². The molecule has 0 aromatic carbocycles. The molecular weight excluding hydrogens is 252 g/mol. The number of aromatic nitrogens is 4. The Hall–Kier alpha value is -1.01. The number of aryl methyl sites for hydroxylation is 1. The highest BCUT2D eigenvalue weighted by Gasteiger charge is 2.31. The van der Waals surface area contributed by atoms with E-state index in [9.17, 15) is 0 Å². The Balaban J connectivity index is 2.04.